The van der Waals surface area contributed by atoms with Gasteiger partial charge in [0.25, 0.3) is 0 Å². The van der Waals surface area contributed by atoms with E-state index in [2.05, 4.69) is 10.1 Å². The Morgan fingerprint density at radius 3 is 3.00 bits per heavy atom. The Kier molecular flexibility index (Phi) is 3.71. The summed E-state index contributed by atoms with van der Waals surface area (Å²) in [7, 11) is 0. The van der Waals surface area contributed by atoms with E-state index < -0.39 is 5.97 Å². The SMILES string of the molecule is CCOC(=O)c1cnn(-c2ccnc(N)c2Cl)c1C. The molecule has 19 heavy (non-hydrogen) atoms. The average Bonchev–Trinajstić information content (AvgIpc) is 2.75. The number of rotatable bonds is 3. The van der Waals surface area contributed by atoms with Crippen molar-refractivity contribution in [2.45, 2.75) is 13.8 Å². The molecule has 7 heteroatoms. The highest BCUT2D eigenvalue weighted by Crippen LogP contribution is 2.26. The number of esters is 1. The molecule has 2 rings (SSSR count). The summed E-state index contributed by atoms with van der Waals surface area (Å²) >= 11 is 6.09. The zero-order chi connectivity index (χ0) is 14.0. The van der Waals surface area contributed by atoms with Crippen LogP contribution in [0.2, 0.25) is 5.02 Å². The summed E-state index contributed by atoms with van der Waals surface area (Å²) < 4.78 is 6.48. The van der Waals surface area contributed by atoms with E-state index in [9.17, 15) is 4.79 Å². The maximum atomic E-state index is 11.7. The monoisotopic (exact) mass is 280 g/mol. The fourth-order valence-corrected chi connectivity index (χ4v) is 1.87. The minimum atomic E-state index is -0.413. The van der Waals surface area contributed by atoms with Crippen molar-refractivity contribution in [3.05, 3.63) is 34.7 Å². The van der Waals surface area contributed by atoms with Crippen molar-refractivity contribution in [2.75, 3.05) is 12.3 Å². The lowest BCUT2D eigenvalue weighted by Crippen LogP contribution is -2.07. The van der Waals surface area contributed by atoms with Crippen molar-refractivity contribution in [1.82, 2.24) is 14.8 Å². The third kappa shape index (κ3) is 2.39. The van der Waals surface area contributed by atoms with Gasteiger partial charge in [0.05, 0.1) is 24.2 Å². The summed E-state index contributed by atoms with van der Waals surface area (Å²) in [5.41, 5.74) is 7.25. The van der Waals surface area contributed by atoms with Gasteiger partial charge in [-0.1, -0.05) is 11.6 Å². The second-order valence-corrected chi connectivity index (χ2v) is 4.18. The van der Waals surface area contributed by atoms with Crippen LogP contribution < -0.4 is 5.73 Å². The third-order valence-corrected chi connectivity index (χ3v) is 3.02. The summed E-state index contributed by atoms with van der Waals surface area (Å²) in [5, 5.41) is 4.43. The molecule has 0 fully saturated rings. The zero-order valence-corrected chi connectivity index (χ0v) is 11.3. The Labute approximate surface area is 115 Å². The van der Waals surface area contributed by atoms with Crippen molar-refractivity contribution in [2.24, 2.45) is 0 Å². The smallest absolute Gasteiger partial charge is 0.341 e. The molecule has 0 bridgehead atoms. The number of hydrogen-bond donors (Lipinski definition) is 1. The zero-order valence-electron chi connectivity index (χ0n) is 10.6. The topological polar surface area (TPSA) is 83.0 Å². The first-order chi connectivity index (χ1) is 9.06. The Morgan fingerprint density at radius 2 is 2.32 bits per heavy atom. The van der Waals surface area contributed by atoms with Crippen LogP contribution in [0.25, 0.3) is 5.69 Å². The van der Waals surface area contributed by atoms with Gasteiger partial charge in [0.2, 0.25) is 0 Å². The number of nitrogens with zero attached hydrogens (tertiary/aromatic N) is 3. The normalized spacial score (nSPS) is 10.5. The maximum Gasteiger partial charge on any atom is 0.341 e. The Bertz CT molecular complexity index is 624. The number of nitrogen functional groups attached to an aromatic ring is 1. The molecule has 0 aromatic carbocycles. The minimum absolute atomic E-state index is 0.215. The van der Waals surface area contributed by atoms with Crippen LogP contribution in [0.4, 0.5) is 5.82 Å². The van der Waals surface area contributed by atoms with Crippen molar-refractivity contribution < 1.29 is 9.53 Å². The average molecular weight is 281 g/mol. The molecule has 0 saturated carbocycles. The molecule has 0 saturated heterocycles. The van der Waals surface area contributed by atoms with Crippen LogP contribution in [0.3, 0.4) is 0 Å². The number of carbonyl (C=O) groups excluding carboxylic acids is 1. The van der Waals surface area contributed by atoms with Crippen molar-refractivity contribution in [3.8, 4) is 5.69 Å². The predicted molar refractivity (Wildman–Crippen MR) is 71.5 cm³/mol. The summed E-state index contributed by atoms with van der Waals surface area (Å²) in [4.78, 5) is 15.6. The van der Waals surface area contributed by atoms with Gasteiger partial charge in [-0.05, 0) is 19.9 Å². The van der Waals surface area contributed by atoms with Gasteiger partial charge in [-0.25, -0.2) is 14.5 Å². The molecule has 6 nitrogen and oxygen atoms in total. The fourth-order valence-electron chi connectivity index (χ4n) is 1.67. The third-order valence-electron chi connectivity index (χ3n) is 2.63. The standard InChI is InChI=1S/C12H13ClN4O2/c1-3-19-12(18)8-6-16-17(7(8)2)9-4-5-15-11(14)10(9)13/h4-6H,3H2,1-2H3,(H2,14,15). The van der Waals surface area contributed by atoms with Crippen LogP contribution in [0, 0.1) is 6.92 Å². The lowest BCUT2D eigenvalue weighted by Gasteiger charge is -2.08. The van der Waals surface area contributed by atoms with Gasteiger partial charge >= 0.3 is 5.97 Å². The number of pyridine rings is 1. The molecule has 0 unspecified atom stereocenters. The van der Waals surface area contributed by atoms with E-state index in [1.165, 1.54) is 17.1 Å². The van der Waals surface area contributed by atoms with E-state index in [4.69, 9.17) is 22.1 Å². The lowest BCUT2D eigenvalue weighted by atomic mass is 10.2. The number of halogens is 1. The molecule has 2 aromatic heterocycles. The second-order valence-electron chi connectivity index (χ2n) is 3.81. The lowest BCUT2D eigenvalue weighted by molar-refractivity contribution is 0.0525. The van der Waals surface area contributed by atoms with Crippen LogP contribution in [-0.4, -0.2) is 27.3 Å². The Hall–Kier alpha value is -2.08. The summed E-state index contributed by atoms with van der Waals surface area (Å²) in [6, 6.07) is 1.67. The summed E-state index contributed by atoms with van der Waals surface area (Å²) in [5.74, 6) is -0.198. The van der Waals surface area contributed by atoms with Gasteiger partial charge in [0.1, 0.15) is 16.4 Å². The first-order valence-electron chi connectivity index (χ1n) is 5.68. The van der Waals surface area contributed by atoms with Gasteiger partial charge in [-0.15, -0.1) is 0 Å². The number of nitrogens with two attached hydrogens (primary N) is 1. The highest BCUT2D eigenvalue weighted by atomic mass is 35.5. The van der Waals surface area contributed by atoms with E-state index in [0.717, 1.165) is 0 Å². The molecule has 2 heterocycles. The van der Waals surface area contributed by atoms with E-state index >= 15 is 0 Å². The van der Waals surface area contributed by atoms with Crippen LogP contribution in [0.15, 0.2) is 18.5 Å². The first kappa shape index (κ1) is 13.4. The van der Waals surface area contributed by atoms with Gasteiger partial charge in [-0.2, -0.15) is 5.10 Å². The molecule has 0 aliphatic heterocycles. The van der Waals surface area contributed by atoms with Crippen LogP contribution in [-0.2, 0) is 4.74 Å². The number of ether oxygens (including phenoxy) is 1. The van der Waals surface area contributed by atoms with E-state index in [-0.39, 0.29) is 5.82 Å². The van der Waals surface area contributed by atoms with Crippen molar-refractivity contribution in [1.29, 1.82) is 0 Å². The highest BCUT2D eigenvalue weighted by molar-refractivity contribution is 6.34. The molecule has 0 atom stereocenters. The maximum absolute atomic E-state index is 11.7. The predicted octanol–water partition coefficient (Wildman–Crippen LogP) is 1.99. The fraction of sp³-hybridized carbons (Fsp3) is 0.250. The van der Waals surface area contributed by atoms with Gasteiger partial charge in [0.15, 0.2) is 0 Å². The van der Waals surface area contributed by atoms with E-state index in [1.807, 2.05) is 0 Å². The van der Waals surface area contributed by atoms with Crippen molar-refractivity contribution in [3.63, 3.8) is 0 Å². The largest absolute Gasteiger partial charge is 0.462 e. The minimum Gasteiger partial charge on any atom is -0.462 e. The molecule has 2 N–H and O–H groups in total. The van der Waals surface area contributed by atoms with E-state index in [0.29, 0.717) is 28.6 Å². The van der Waals surface area contributed by atoms with E-state index in [1.54, 1.807) is 19.9 Å². The highest BCUT2D eigenvalue weighted by Gasteiger charge is 2.18. The quantitative estimate of drug-likeness (QED) is 0.869. The van der Waals surface area contributed by atoms with Crippen LogP contribution in [0.1, 0.15) is 23.0 Å². The van der Waals surface area contributed by atoms with Crippen molar-refractivity contribution >= 4 is 23.4 Å². The summed E-state index contributed by atoms with van der Waals surface area (Å²) in [6.07, 6.45) is 2.97. The molecule has 0 aliphatic rings. The molecule has 2 aromatic rings. The van der Waals surface area contributed by atoms with Gasteiger partial charge in [0, 0.05) is 6.20 Å². The molecular formula is C12H13ClN4O2. The number of anilines is 1. The number of hydrogen-bond acceptors (Lipinski definition) is 5. The van der Waals surface area contributed by atoms with Crippen LogP contribution in [0.5, 0.6) is 0 Å². The van der Waals surface area contributed by atoms with Gasteiger partial charge < -0.3 is 10.5 Å². The second kappa shape index (κ2) is 5.27. The molecule has 0 spiro atoms. The molecule has 0 aliphatic carbocycles. The first-order valence-corrected chi connectivity index (χ1v) is 6.06. The summed E-state index contributed by atoms with van der Waals surface area (Å²) in [6.45, 7) is 3.82. The number of aromatic nitrogens is 3. The molecule has 100 valence electrons. The Morgan fingerprint density at radius 1 is 1.58 bits per heavy atom. The van der Waals surface area contributed by atoms with Gasteiger partial charge in [-0.3, -0.25) is 0 Å². The van der Waals surface area contributed by atoms with Crippen LogP contribution >= 0.6 is 11.6 Å². The molecule has 0 amide bonds. The molecular weight excluding hydrogens is 268 g/mol. The number of carbonyl (C=O) groups is 1. The molecule has 0 radical (unpaired) electrons. The Balaban J connectivity index is 2.48.